The molecule has 0 amide bonds. The molecule has 0 unspecified atom stereocenters. The van der Waals surface area contributed by atoms with Crippen LogP contribution >= 0.6 is 11.3 Å². The summed E-state index contributed by atoms with van der Waals surface area (Å²) in [4.78, 5) is 20.0. The van der Waals surface area contributed by atoms with Crippen LogP contribution in [0.15, 0.2) is 128 Å². The molecule has 0 radical (unpaired) electrons. The minimum absolute atomic E-state index is 0.614. The average Bonchev–Trinajstić information content (AvgIpc) is 3.62. The van der Waals surface area contributed by atoms with Gasteiger partial charge in [0.2, 0.25) is 5.95 Å². The quantitative estimate of drug-likeness (QED) is 0.218. The highest BCUT2D eigenvalue weighted by atomic mass is 32.1. The number of aromatic nitrogens is 5. The van der Waals surface area contributed by atoms with E-state index in [4.69, 9.17) is 15.0 Å². The van der Waals surface area contributed by atoms with Gasteiger partial charge in [0.25, 0.3) is 0 Å². The van der Waals surface area contributed by atoms with Crippen LogP contribution < -0.4 is 0 Å². The number of hydrogen-bond acceptors (Lipinski definition) is 5. The average molecular weight is 556 g/mol. The molecule has 6 heteroatoms. The molecule has 0 aliphatic rings. The van der Waals surface area contributed by atoms with Crippen molar-refractivity contribution in [2.45, 2.75) is 0 Å². The number of fused-ring (bicyclic) bond motifs is 10. The van der Waals surface area contributed by atoms with Gasteiger partial charge in [-0.2, -0.15) is 0 Å². The second-order valence-electron chi connectivity index (χ2n) is 10.3. The summed E-state index contributed by atoms with van der Waals surface area (Å²) in [7, 11) is 0. The van der Waals surface area contributed by atoms with Gasteiger partial charge in [-0.25, -0.2) is 9.97 Å². The van der Waals surface area contributed by atoms with Gasteiger partial charge in [0.1, 0.15) is 0 Å². The molecule has 5 heterocycles. The van der Waals surface area contributed by atoms with E-state index in [1.165, 1.54) is 25.6 Å². The summed E-state index contributed by atoms with van der Waals surface area (Å²) in [5, 5.41) is 5.74. The normalized spacial score (nSPS) is 11.8. The fourth-order valence-electron chi connectivity index (χ4n) is 6.12. The Bertz CT molecular complexity index is 2400. The van der Waals surface area contributed by atoms with E-state index >= 15 is 0 Å². The van der Waals surface area contributed by atoms with Gasteiger partial charge in [-0.3, -0.25) is 14.5 Å². The van der Waals surface area contributed by atoms with Gasteiger partial charge in [0.05, 0.1) is 27.9 Å². The second-order valence-corrected chi connectivity index (χ2v) is 11.4. The molecular weight excluding hydrogens is 534 g/mol. The van der Waals surface area contributed by atoms with Gasteiger partial charge in [0.15, 0.2) is 0 Å². The van der Waals surface area contributed by atoms with E-state index in [9.17, 15) is 0 Å². The molecule has 0 aliphatic heterocycles. The number of thiophene rings is 1. The van der Waals surface area contributed by atoms with Gasteiger partial charge in [0, 0.05) is 66.0 Å². The van der Waals surface area contributed by atoms with Crippen molar-refractivity contribution < 1.29 is 0 Å². The van der Waals surface area contributed by atoms with Gasteiger partial charge in [-0.1, -0.05) is 78.9 Å². The zero-order valence-corrected chi connectivity index (χ0v) is 23.1. The first kappa shape index (κ1) is 23.3. The third kappa shape index (κ3) is 3.36. The number of nitrogens with zero attached hydrogens (tertiary/aromatic N) is 5. The Hall–Kier alpha value is -5.46. The number of benzene rings is 4. The summed E-state index contributed by atoms with van der Waals surface area (Å²) < 4.78 is 4.68. The maximum Gasteiger partial charge on any atom is 0.235 e. The van der Waals surface area contributed by atoms with Gasteiger partial charge in [-0.15, -0.1) is 11.3 Å². The Morgan fingerprint density at radius 1 is 0.595 bits per heavy atom. The zero-order chi connectivity index (χ0) is 27.6. The summed E-state index contributed by atoms with van der Waals surface area (Å²) >= 11 is 1.82. The van der Waals surface area contributed by atoms with Crippen LogP contribution in [0.5, 0.6) is 0 Å². The summed E-state index contributed by atoms with van der Waals surface area (Å²) in [5.41, 5.74) is 6.75. The number of pyridine rings is 2. The van der Waals surface area contributed by atoms with E-state index in [-0.39, 0.29) is 0 Å². The SMILES string of the molecule is c1ccc(-c2cc(-c3ccccc3)nc(-n3c4cccnc4c4c5cnccc5c5sc6ccccc6c5c43)n2)cc1. The molecule has 0 fully saturated rings. The Morgan fingerprint density at radius 2 is 1.31 bits per heavy atom. The van der Waals surface area contributed by atoms with Crippen molar-refractivity contribution in [3.8, 4) is 28.5 Å². The van der Waals surface area contributed by atoms with Crippen molar-refractivity contribution in [3.05, 3.63) is 128 Å². The maximum atomic E-state index is 5.24. The molecule has 0 bridgehead atoms. The van der Waals surface area contributed by atoms with Crippen LogP contribution in [0, 0.1) is 0 Å². The first-order chi connectivity index (χ1) is 20.8. The Morgan fingerprint density at radius 3 is 2.07 bits per heavy atom. The first-order valence-corrected chi connectivity index (χ1v) is 14.6. The lowest BCUT2D eigenvalue weighted by molar-refractivity contribution is 0.997. The van der Waals surface area contributed by atoms with E-state index in [0.717, 1.165) is 49.8 Å². The van der Waals surface area contributed by atoms with Crippen LogP contribution in [0.3, 0.4) is 0 Å². The Labute approximate surface area is 244 Å². The standard InChI is InChI=1S/C36H21N5S/c1-3-10-22(11-4-1)27-20-28(23-12-5-2-6-13-23)40-36(39-27)41-29-15-9-18-38-33(29)31-26-21-37-19-17-24(26)35-32(34(31)41)25-14-7-8-16-30(25)42-35/h1-21H. The second kappa shape index (κ2) is 9.03. The maximum absolute atomic E-state index is 5.24. The van der Waals surface area contributed by atoms with Crippen LogP contribution in [0.25, 0.3) is 81.3 Å². The molecule has 0 spiro atoms. The van der Waals surface area contributed by atoms with Crippen LogP contribution in [-0.2, 0) is 0 Å². The third-order valence-corrected chi connectivity index (χ3v) is 9.15. The van der Waals surface area contributed by atoms with E-state index in [1.807, 2.05) is 72.4 Å². The largest absolute Gasteiger partial charge is 0.276 e. The topological polar surface area (TPSA) is 56.5 Å². The lowest BCUT2D eigenvalue weighted by Crippen LogP contribution is -2.04. The molecule has 0 atom stereocenters. The monoisotopic (exact) mass is 555 g/mol. The molecular formula is C36H21N5S. The molecule has 0 aliphatic carbocycles. The molecule has 196 valence electrons. The highest BCUT2D eigenvalue weighted by molar-refractivity contribution is 7.27. The van der Waals surface area contributed by atoms with Crippen LogP contribution in [0.4, 0.5) is 0 Å². The highest BCUT2D eigenvalue weighted by Gasteiger charge is 2.24. The third-order valence-electron chi connectivity index (χ3n) is 7.95. The molecule has 9 rings (SSSR count). The summed E-state index contributed by atoms with van der Waals surface area (Å²) in [6.07, 6.45) is 5.71. The minimum atomic E-state index is 0.614. The summed E-state index contributed by atoms with van der Waals surface area (Å²) in [5.74, 6) is 0.614. The van der Waals surface area contributed by atoms with Crippen molar-refractivity contribution in [3.63, 3.8) is 0 Å². The van der Waals surface area contributed by atoms with E-state index in [0.29, 0.717) is 5.95 Å². The molecule has 0 N–H and O–H groups in total. The summed E-state index contributed by atoms with van der Waals surface area (Å²) in [6.45, 7) is 0. The Kier molecular flexibility index (Phi) is 5.00. The van der Waals surface area contributed by atoms with Crippen molar-refractivity contribution >= 4 is 64.2 Å². The molecule has 4 aromatic carbocycles. The van der Waals surface area contributed by atoms with Crippen molar-refractivity contribution in [2.24, 2.45) is 0 Å². The molecule has 42 heavy (non-hydrogen) atoms. The van der Waals surface area contributed by atoms with Crippen LogP contribution in [0.2, 0.25) is 0 Å². The minimum Gasteiger partial charge on any atom is -0.276 e. The molecule has 0 saturated carbocycles. The fraction of sp³-hybridized carbons (Fsp3) is 0. The molecule has 5 aromatic heterocycles. The smallest absolute Gasteiger partial charge is 0.235 e. The van der Waals surface area contributed by atoms with E-state index in [2.05, 4.69) is 76.3 Å². The van der Waals surface area contributed by atoms with Crippen LogP contribution in [-0.4, -0.2) is 24.5 Å². The lowest BCUT2D eigenvalue weighted by atomic mass is 10.0. The Balaban J connectivity index is 1.51. The van der Waals surface area contributed by atoms with Crippen LogP contribution in [0.1, 0.15) is 0 Å². The van der Waals surface area contributed by atoms with Crippen molar-refractivity contribution in [1.82, 2.24) is 24.5 Å². The summed E-state index contributed by atoms with van der Waals surface area (Å²) in [6, 6.07) is 37.6. The first-order valence-electron chi connectivity index (χ1n) is 13.8. The van der Waals surface area contributed by atoms with E-state index in [1.54, 1.807) is 0 Å². The zero-order valence-electron chi connectivity index (χ0n) is 22.3. The fourth-order valence-corrected chi connectivity index (χ4v) is 7.37. The van der Waals surface area contributed by atoms with Crippen molar-refractivity contribution in [2.75, 3.05) is 0 Å². The lowest BCUT2D eigenvalue weighted by Gasteiger charge is -2.12. The number of rotatable bonds is 3. The van der Waals surface area contributed by atoms with Crippen molar-refractivity contribution in [1.29, 1.82) is 0 Å². The molecule has 0 saturated heterocycles. The number of hydrogen-bond donors (Lipinski definition) is 0. The highest BCUT2D eigenvalue weighted by Crippen LogP contribution is 2.47. The molecule has 5 nitrogen and oxygen atoms in total. The predicted molar refractivity (Wildman–Crippen MR) is 173 cm³/mol. The molecule has 9 aromatic rings. The van der Waals surface area contributed by atoms with Gasteiger partial charge >= 0.3 is 0 Å². The predicted octanol–water partition coefficient (Wildman–Crippen LogP) is 9.22. The van der Waals surface area contributed by atoms with E-state index < -0.39 is 0 Å². The van der Waals surface area contributed by atoms with Gasteiger partial charge < -0.3 is 0 Å². The van der Waals surface area contributed by atoms with Gasteiger partial charge in [-0.05, 0) is 30.3 Å².